The van der Waals surface area contributed by atoms with Gasteiger partial charge in [0.25, 0.3) is 0 Å². The van der Waals surface area contributed by atoms with Crippen molar-refractivity contribution in [3.05, 3.63) is 28.3 Å². The Bertz CT molecular complexity index is 902. The van der Waals surface area contributed by atoms with E-state index in [0.717, 1.165) is 5.56 Å². The van der Waals surface area contributed by atoms with Crippen LogP contribution in [0, 0.1) is 18.8 Å². The molecule has 2 fully saturated rings. The van der Waals surface area contributed by atoms with E-state index in [0.29, 0.717) is 22.7 Å². The summed E-state index contributed by atoms with van der Waals surface area (Å²) in [6, 6.07) is 2.57. The third-order valence-electron chi connectivity index (χ3n) is 6.44. The minimum absolute atomic E-state index is 0.276. The number of aliphatic hydroxyl groups is 1. The highest BCUT2D eigenvalue weighted by molar-refractivity contribution is 6.35. The molecule has 0 aromatic heterocycles. The zero-order valence-corrected chi connectivity index (χ0v) is 17.0. The van der Waals surface area contributed by atoms with Gasteiger partial charge in [-0.25, -0.2) is 0 Å². The minimum Gasteiger partial charge on any atom is -0.392 e. The molecule has 28 heavy (non-hydrogen) atoms. The quantitative estimate of drug-likeness (QED) is 0.663. The van der Waals surface area contributed by atoms with E-state index in [1.807, 2.05) is 26.8 Å². The number of hydrogen-bond acceptors (Lipinski definition) is 5. The fraction of sp³-hybridized carbons (Fsp3) is 0.550. The number of rotatable bonds is 3. The van der Waals surface area contributed by atoms with Gasteiger partial charge in [-0.1, -0.05) is 24.6 Å². The van der Waals surface area contributed by atoms with Crippen molar-refractivity contribution >= 4 is 35.0 Å². The van der Waals surface area contributed by atoms with Crippen LogP contribution in [0.5, 0.6) is 0 Å². The number of benzene rings is 1. The Hall–Kier alpha value is -1.96. The molecule has 3 heterocycles. The first kappa shape index (κ1) is 19.4. The normalized spacial score (nSPS) is 33.3. The van der Waals surface area contributed by atoms with E-state index in [1.54, 1.807) is 13.0 Å². The number of carbonyl (C=O) groups excluding carboxylic acids is 3. The summed E-state index contributed by atoms with van der Waals surface area (Å²) >= 11 is 6.36. The number of likely N-dealkylation sites (tertiary alicyclic amines) is 1. The molecule has 8 heteroatoms. The standard InChI is InChI=1S/C20H24ClN3O4/c1-5-9(3)24-17(26)13-14(18(24)27)20(23-15(13)10(4)25)11-6-8(2)7-12(21)16(11)22-19(20)28/h6-7,9-10,13-15,23,25H,5H2,1-4H3,(H,22,28)/t9-,10+,13-,14-,15+,20+/m0/s1. The largest absolute Gasteiger partial charge is 0.392 e. The van der Waals surface area contributed by atoms with Crippen molar-refractivity contribution in [2.45, 2.75) is 57.8 Å². The summed E-state index contributed by atoms with van der Waals surface area (Å²) in [6.45, 7) is 7.14. The molecule has 6 atom stereocenters. The van der Waals surface area contributed by atoms with Crippen molar-refractivity contribution in [2.75, 3.05) is 5.32 Å². The van der Waals surface area contributed by atoms with E-state index in [2.05, 4.69) is 10.6 Å². The summed E-state index contributed by atoms with van der Waals surface area (Å²) < 4.78 is 0. The van der Waals surface area contributed by atoms with Crippen molar-refractivity contribution < 1.29 is 19.5 Å². The van der Waals surface area contributed by atoms with Crippen LogP contribution >= 0.6 is 11.6 Å². The van der Waals surface area contributed by atoms with Gasteiger partial charge < -0.3 is 10.4 Å². The molecule has 3 aliphatic heterocycles. The molecule has 1 aromatic carbocycles. The number of imide groups is 1. The molecule has 0 unspecified atom stereocenters. The molecule has 150 valence electrons. The van der Waals surface area contributed by atoms with Gasteiger partial charge in [0.1, 0.15) is 5.54 Å². The van der Waals surface area contributed by atoms with E-state index < -0.39 is 35.4 Å². The molecule has 1 spiro atoms. The van der Waals surface area contributed by atoms with E-state index in [-0.39, 0.29) is 17.9 Å². The fourth-order valence-electron chi connectivity index (χ4n) is 4.98. The monoisotopic (exact) mass is 405 g/mol. The van der Waals surface area contributed by atoms with Gasteiger partial charge in [-0.3, -0.25) is 24.6 Å². The Kier molecular flexibility index (Phi) is 4.34. The van der Waals surface area contributed by atoms with E-state index in [9.17, 15) is 19.5 Å². The van der Waals surface area contributed by atoms with Crippen molar-refractivity contribution in [1.82, 2.24) is 10.2 Å². The van der Waals surface area contributed by atoms with Crippen LogP contribution in [0.2, 0.25) is 5.02 Å². The third kappa shape index (κ3) is 2.27. The van der Waals surface area contributed by atoms with Gasteiger partial charge in [0.2, 0.25) is 17.7 Å². The number of aryl methyl sites for hydroxylation is 1. The molecule has 0 radical (unpaired) electrons. The lowest BCUT2D eigenvalue weighted by Crippen LogP contribution is -2.55. The van der Waals surface area contributed by atoms with Crippen LogP contribution in [0.3, 0.4) is 0 Å². The van der Waals surface area contributed by atoms with Crippen molar-refractivity contribution in [3.8, 4) is 0 Å². The second-order valence-corrected chi connectivity index (χ2v) is 8.56. The number of carbonyl (C=O) groups is 3. The van der Waals surface area contributed by atoms with Crippen LogP contribution in [-0.2, 0) is 19.9 Å². The molecule has 3 amide bonds. The van der Waals surface area contributed by atoms with Crippen LogP contribution < -0.4 is 10.6 Å². The third-order valence-corrected chi connectivity index (χ3v) is 6.74. The zero-order valence-electron chi connectivity index (χ0n) is 16.2. The average molecular weight is 406 g/mol. The van der Waals surface area contributed by atoms with Crippen LogP contribution in [-0.4, -0.2) is 45.9 Å². The molecule has 0 saturated carbocycles. The number of nitrogens with one attached hydrogen (secondary N) is 2. The number of hydrogen-bond donors (Lipinski definition) is 3. The molecular weight excluding hydrogens is 382 g/mol. The van der Waals surface area contributed by atoms with Crippen molar-refractivity contribution in [2.24, 2.45) is 11.8 Å². The lowest BCUT2D eigenvalue weighted by molar-refractivity contribution is -0.145. The van der Waals surface area contributed by atoms with Gasteiger partial charge in [0.05, 0.1) is 28.6 Å². The summed E-state index contributed by atoms with van der Waals surface area (Å²) in [4.78, 5) is 41.1. The topological polar surface area (TPSA) is 98.7 Å². The molecule has 7 nitrogen and oxygen atoms in total. The first-order valence-corrected chi connectivity index (χ1v) is 9.97. The first-order valence-electron chi connectivity index (χ1n) is 9.59. The van der Waals surface area contributed by atoms with E-state index >= 15 is 0 Å². The highest BCUT2D eigenvalue weighted by Crippen LogP contribution is 2.55. The number of halogens is 1. The van der Waals surface area contributed by atoms with Gasteiger partial charge in [-0.15, -0.1) is 0 Å². The molecular formula is C20H24ClN3O4. The summed E-state index contributed by atoms with van der Waals surface area (Å²) in [5, 5.41) is 16.7. The molecule has 4 rings (SSSR count). The zero-order chi connectivity index (χ0) is 20.5. The maximum Gasteiger partial charge on any atom is 0.250 e. The predicted molar refractivity (Wildman–Crippen MR) is 104 cm³/mol. The number of amides is 3. The Morgan fingerprint density at radius 2 is 1.93 bits per heavy atom. The smallest absolute Gasteiger partial charge is 0.250 e. The van der Waals surface area contributed by atoms with E-state index in [1.165, 1.54) is 4.90 Å². The Balaban J connectivity index is 1.94. The van der Waals surface area contributed by atoms with Crippen molar-refractivity contribution in [1.29, 1.82) is 0 Å². The number of anilines is 1. The molecule has 0 bridgehead atoms. The van der Waals surface area contributed by atoms with Crippen molar-refractivity contribution in [3.63, 3.8) is 0 Å². The minimum atomic E-state index is -1.42. The number of aliphatic hydroxyl groups excluding tert-OH is 1. The SMILES string of the molecule is CC[C@H](C)N1C(=O)[C@@H]2[C@@H]([C@@H](C)O)N[C@@]3(C(=O)Nc4c(Cl)cc(C)cc43)[C@@H]2C1=O. The Morgan fingerprint density at radius 3 is 2.54 bits per heavy atom. The maximum absolute atomic E-state index is 13.4. The Morgan fingerprint density at radius 1 is 1.25 bits per heavy atom. The van der Waals surface area contributed by atoms with Crippen LogP contribution in [0.4, 0.5) is 5.69 Å². The lowest BCUT2D eigenvalue weighted by atomic mass is 9.76. The van der Waals surface area contributed by atoms with Gasteiger partial charge in [-0.2, -0.15) is 0 Å². The highest BCUT2D eigenvalue weighted by Gasteiger charge is 2.71. The number of fused-ring (bicyclic) bond motifs is 4. The van der Waals surface area contributed by atoms with Crippen LogP contribution in [0.25, 0.3) is 0 Å². The van der Waals surface area contributed by atoms with Gasteiger partial charge in [0, 0.05) is 17.6 Å². The summed E-state index contributed by atoms with van der Waals surface area (Å²) in [6.07, 6.45) is -0.303. The molecule has 1 aromatic rings. The van der Waals surface area contributed by atoms with E-state index in [4.69, 9.17) is 11.6 Å². The van der Waals surface area contributed by atoms with Gasteiger partial charge >= 0.3 is 0 Å². The highest BCUT2D eigenvalue weighted by atomic mass is 35.5. The Labute approximate surface area is 168 Å². The first-order chi connectivity index (χ1) is 13.1. The summed E-state index contributed by atoms with van der Waals surface area (Å²) in [5.74, 6) is -2.86. The van der Waals surface area contributed by atoms with Crippen LogP contribution in [0.15, 0.2) is 12.1 Å². The van der Waals surface area contributed by atoms with Gasteiger partial charge in [0.15, 0.2) is 0 Å². The fourth-order valence-corrected chi connectivity index (χ4v) is 5.30. The second-order valence-electron chi connectivity index (χ2n) is 8.15. The maximum atomic E-state index is 13.4. The van der Waals surface area contributed by atoms with Gasteiger partial charge in [-0.05, 0) is 38.8 Å². The molecule has 3 N–H and O–H groups in total. The molecule has 3 aliphatic rings. The second kappa shape index (κ2) is 6.27. The average Bonchev–Trinajstić information content (AvgIpc) is 3.21. The lowest BCUT2D eigenvalue weighted by Gasteiger charge is -2.31. The number of nitrogens with zero attached hydrogens (tertiary/aromatic N) is 1. The predicted octanol–water partition coefficient (Wildman–Crippen LogP) is 1.55. The summed E-state index contributed by atoms with van der Waals surface area (Å²) in [7, 11) is 0. The summed E-state index contributed by atoms with van der Waals surface area (Å²) in [5.41, 5.74) is 0.436. The molecule has 2 saturated heterocycles. The molecule has 0 aliphatic carbocycles. The van der Waals surface area contributed by atoms with Crippen LogP contribution in [0.1, 0.15) is 38.3 Å².